The number of carbonyl (C=O) groups is 1. The van der Waals surface area contributed by atoms with Crippen LogP contribution in [0.4, 0.5) is 10.9 Å². The number of aromatic nitrogens is 6. The lowest BCUT2D eigenvalue weighted by Crippen LogP contribution is -2.16. The van der Waals surface area contributed by atoms with Gasteiger partial charge in [-0.15, -0.1) is 10.2 Å². The van der Waals surface area contributed by atoms with Crippen LogP contribution in [-0.4, -0.2) is 42.6 Å². The summed E-state index contributed by atoms with van der Waals surface area (Å²) < 4.78 is 0. The molecule has 1 amide bonds. The number of anilines is 2. The number of aromatic amines is 1. The molecular weight excluding hydrogens is 352 g/mol. The van der Waals surface area contributed by atoms with Crippen molar-refractivity contribution in [3.63, 3.8) is 0 Å². The Morgan fingerprint density at radius 3 is 3.08 bits per heavy atom. The Bertz CT molecular complexity index is 889. The van der Waals surface area contributed by atoms with E-state index >= 15 is 0 Å². The molecule has 4 rings (SSSR count). The Balaban J connectivity index is 1.32. The molecular formula is C13H13ClN8OS. The van der Waals surface area contributed by atoms with Crippen molar-refractivity contribution >= 4 is 51.0 Å². The average molecular weight is 365 g/mol. The number of carbonyl (C=O) groups excluding carboxylic acids is 1. The Kier molecular flexibility index (Phi) is 3.98. The largest absolute Gasteiger partial charge is 0.368 e. The molecule has 9 nitrogen and oxygen atoms in total. The summed E-state index contributed by atoms with van der Waals surface area (Å²) in [5.41, 5.74) is 1.13. The van der Waals surface area contributed by atoms with E-state index < -0.39 is 0 Å². The second-order valence-electron chi connectivity index (χ2n) is 5.39. The van der Waals surface area contributed by atoms with Crippen molar-refractivity contribution in [1.82, 2.24) is 30.1 Å². The van der Waals surface area contributed by atoms with Gasteiger partial charge < -0.3 is 15.6 Å². The van der Waals surface area contributed by atoms with E-state index in [9.17, 15) is 4.79 Å². The molecule has 1 fully saturated rings. The molecule has 3 aromatic heterocycles. The highest BCUT2D eigenvalue weighted by Gasteiger charge is 2.27. The summed E-state index contributed by atoms with van der Waals surface area (Å²) in [6.45, 7) is 0.390. The van der Waals surface area contributed by atoms with Gasteiger partial charge >= 0.3 is 0 Å². The van der Waals surface area contributed by atoms with Gasteiger partial charge in [0.15, 0.2) is 11.5 Å². The minimum Gasteiger partial charge on any atom is -0.368 e. The van der Waals surface area contributed by atoms with Gasteiger partial charge in [-0.25, -0.2) is 4.98 Å². The lowest BCUT2D eigenvalue weighted by molar-refractivity contribution is -0.115. The molecule has 1 saturated carbocycles. The summed E-state index contributed by atoms with van der Waals surface area (Å²) in [4.78, 5) is 27.1. The van der Waals surface area contributed by atoms with Crippen molar-refractivity contribution in [3.05, 3.63) is 16.6 Å². The Hall–Kier alpha value is -2.33. The van der Waals surface area contributed by atoms with E-state index in [4.69, 9.17) is 11.6 Å². The van der Waals surface area contributed by atoms with E-state index in [1.807, 2.05) is 0 Å². The van der Waals surface area contributed by atoms with Crippen molar-refractivity contribution in [2.45, 2.75) is 25.2 Å². The second kappa shape index (κ2) is 6.29. The Labute approximate surface area is 145 Å². The lowest BCUT2D eigenvalue weighted by atomic mass is 10.4. The predicted octanol–water partition coefficient (Wildman–Crippen LogP) is 2.18. The van der Waals surface area contributed by atoms with Gasteiger partial charge in [0.2, 0.25) is 16.3 Å². The molecule has 1 aliphatic rings. The predicted molar refractivity (Wildman–Crippen MR) is 90.3 cm³/mol. The third kappa shape index (κ3) is 3.29. The highest BCUT2D eigenvalue weighted by atomic mass is 35.5. The van der Waals surface area contributed by atoms with Gasteiger partial charge in [0, 0.05) is 18.9 Å². The van der Waals surface area contributed by atoms with Crippen LogP contribution >= 0.6 is 22.9 Å². The number of imidazole rings is 1. The fourth-order valence-corrected chi connectivity index (χ4v) is 3.28. The normalized spacial score (nSPS) is 14.0. The van der Waals surface area contributed by atoms with Gasteiger partial charge in [0.25, 0.3) is 0 Å². The summed E-state index contributed by atoms with van der Waals surface area (Å²) in [5.74, 6) is 0.915. The van der Waals surface area contributed by atoms with Crippen LogP contribution in [0.3, 0.4) is 0 Å². The van der Waals surface area contributed by atoms with Crippen LogP contribution in [0.5, 0.6) is 0 Å². The van der Waals surface area contributed by atoms with Crippen LogP contribution in [0.1, 0.15) is 30.2 Å². The third-order valence-electron chi connectivity index (χ3n) is 3.52. The number of fused-ring (bicyclic) bond motifs is 1. The first-order valence-corrected chi connectivity index (χ1v) is 8.62. The van der Waals surface area contributed by atoms with Crippen LogP contribution in [0.2, 0.25) is 5.28 Å². The molecule has 0 radical (unpaired) electrons. The molecule has 24 heavy (non-hydrogen) atoms. The molecule has 124 valence electrons. The zero-order valence-electron chi connectivity index (χ0n) is 12.4. The molecule has 0 bridgehead atoms. The number of nitrogens with one attached hydrogen (secondary N) is 3. The van der Waals surface area contributed by atoms with E-state index in [1.165, 1.54) is 17.7 Å². The van der Waals surface area contributed by atoms with E-state index in [0.29, 0.717) is 34.6 Å². The zero-order valence-corrected chi connectivity index (χ0v) is 14.0. The minimum atomic E-state index is -0.137. The maximum Gasteiger partial charge on any atom is 0.227 e. The smallest absolute Gasteiger partial charge is 0.227 e. The van der Waals surface area contributed by atoms with Crippen LogP contribution < -0.4 is 10.6 Å². The van der Waals surface area contributed by atoms with Gasteiger partial charge in [-0.05, 0) is 24.4 Å². The quantitative estimate of drug-likeness (QED) is 0.573. The maximum absolute atomic E-state index is 12.0. The topological polar surface area (TPSA) is 121 Å². The minimum absolute atomic E-state index is 0.100. The molecule has 11 heteroatoms. The van der Waals surface area contributed by atoms with Crippen LogP contribution in [0.15, 0.2) is 6.33 Å². The summed E-state index contributed by atoms with van der Waals surface area (Å²) in [5, 5.41) is 15.6. The Morgan fingerprint density at radius 2 is 2.25 bits per heavy atom. The van der Waals surface area contributed by atoms with Gasteiger partial charge in [0.1, 0.15) is 10.5 Å². The standard InChI is InChI=1S/C13H13ClN8OS/c14-12-19-9(8-10(20-12)17-5-16-8)15-4-3-7(23)18-13-22-21-11(24-13)6-1-2-6/h5-6H,1-4H2,(H,18,22,23)(H2,15,16,17,19,20). The summed E-state index contributed by atoms with van der Waals surface area (Å²) in [6, 6.07) is 0. The summed E-state index contributed by atoms with van der Waals surface area (Å²) >= 11 is 7.29. The first-order chi connectivity index (χ1) is 11.7. The fraction of sp³-hybridized carbons (Fsp3) is 0.385. The van der Waals surface area contributed by atoms with Gasteiger partial charge in [-0.3, -0.25) is 4.79 Å². The van der Waals surface area contributed by atoms with Gasteiger partial charge in [-0.1, -0.05) is 11.3 Å². The van der Waals surface area contributed by atoms with Gasteiger partial charge in [-0.2, -0.15) is 9.97 Å². The number of hydrogen-bond donors (Lipinski definition) is 3. The monoisotopic (exact) mass is 364 g/mol. The number of hydrogen-bond acceptors (Lipinski definition) is 8. The number of amides is 1. The van der Waals surface area contributed by atoms with E-state index in [2.05, 4.69) is 40.8 Å². The van der Waals surface area contributed by atoms with Crippen molar-refractivity contribution in [3.8, 4) is 0 Å². The van der Waals surface area contributed by atoms with Crippen LogP contribution in [-0.2, 0) is 4.79 Å². The van der Waals surface area contributed by atoms with Crippen molar-refractivity contribution in [2.75, 3.05) is 17.2 Å². The summed E-state index contributed by atoms with van der Waals surface area (Å²) in [7, 11) is 0. The molecule has 3 N–H and O–H groups in total. The third-order valence-corrected chi connectivity index (χ3v) is 4.69. The van der Waals surface area contributed by atoms with Crippen molar-refractivity contribution in [2.24, 2.45) is 0 Å². The van der Waals surface area contributed by atoms with Crippen molar-refractivity contribution < 1.29 is 4.79 Å². The fourth-order valence-electron chi connectivity index (χ4n) is 2.19. The molecule has 3 aromatic rings. The highest BCUT2D eigenvalue weighted by molar-refractivity contribution is 7.15. The lowest BCUT2D eigenvalue weighted by Gasteiger charge is -2.06. The first kappa shape index (κ1) is 15.2. The van der Waals surface area contributed by atoms with Crippen LogP contribution in [0, 0.1) is 0 Å². The maximum atomic E-state index is 12.0. The number of halogens is 1. The second-order valence-corrected chi connectivity index (χ2v) is 6.73. The van der Waals surface area contributed by atoms with E-state index in [0.717, 1.165) is 17.8 Å². The molecule has 0 aromatic carbocycles. The molecule has 3 heterocycles. The molecule has 0 aliphatic heterocycles. The number of H-pyrrole nitrogens is 1. The molecule has 0 spiro atoms. The molecule has 0 saturated heterocycles. The van der Waals surface area contributed by atoms with Crippen molar-refractivity contribution in [1.29, 1.82) is 0 Å². The summed E-state index contributed by atoms with van der Waals surface area (Å²) in [6.07, 6.45) is 4.10. The number of rotatable bonds is 6. The van der Waals surface area contributed by atoms with Crippen LogP contribution in [0.25, 0.3) is 11.2 Å². The van der Waals surface area contributed by atoms with Gasteiger partial charge in [0.05, 0.1) is 6.33 Å². The average Bonchev–Trinajstić information content (AvgIpc) is 3.11. The zero-order chi connectivity index (χ0) is 16.5. The van der Waals surface area contributed by atoms with E-state index in [1.54, 1.807) is 0 Å². The Morgan fingerprint density at radius 1 is 1.38 bits per heavy atom. The highest BCUT2D eigenvalue weighted by Crippen LogP contribution is 2.42. The molecule has 0 unspecified atom stereocenters. The SMILES string of the molecule is O=C(CCNc1nc(Cl)nc2nc[nH]c12)Nc1nnc(C2CC2)s1. The number of nitrogens with zero attached hydrogens (tertiary/aromatic N) is 5. The molecule has 0 atom stereocenters. The van der Waals surface area contributed by atoms with E-state index in [-0.39, 0.29) is 17.6 Å². The first-order valence-electron chi connectivity index (χ1n) is 7.43. The molecule has 1 aliphatic carbocycles.